The first kappa shape index (κ1) is 15.9. The van der Waals surface area contributed by atoms with Gasteiger partial charge in [-0.05, 0) is 36.3 Å². The molecule has 114 valence electrons. The van der Waals surface area contributed by atoms with Crippen LogP contribution in [0.5, 0.6) is 0 Å². The maximum atomic E-state index is 5.56. The van der Waals surface area contributed by atoms with Crippen LogP contribution in [-0.4, -0.2) is 41.9 Å². The van der Waals surface area contributed by atoms with Crippen LogP contribution < -0.4 is 5.32 Å². The van der Waals surface area contributed by atoms with Gasteiger partial charge in [0.2, 0.25) is 0 Å². The molecule has 0 saturated carbocycles. The summed E-state index contributed by atoms with van der Waals surface area (Å²) in [5.74, 6) is 0. The van der Waals surface area contributed by atoms with Crippen molar-refractivity contribution in [3.05, 3.63) is 15.9 Å². The first-order chi connectivity index (χ1) is 9.65. The average Bonchev–Trinajstić information content (AvgIpc) is 3.02. The Hall–Kier alpha value is -0.430. The van der Waals surface area contributed by atoms with Gasteiger partial charge in [0.1, 0.15) is 0 Å². The summed E-state index contributed by atoms with van der Waals surface area (Å²) in [4.78, 5) is 0. The molecule has 1 aliphatic rings. The van der Waals surface area contributed by atoms with E-state index in [4.69, 9.17) is 9.47 Å². The Morgan fingerprint density at radius 2 is 2.10 bits per heavy atom. The lowest BCUT2D eigenvalue weighted by molar-refractivity contribution is -0.0526. The predicted octanol–water partition coefficient (Wildman–Crippen LogP) is 2.26. The van der Waals surface area contributed by atoms with E-state index < -0.39 is 0 Å². The second-order valence-corrected chi connectivity index (χ2v) is 5.82. The zero-order valence-electron chi connectivity index (χ0n) is 12.5. The Bertz CT molecular complexity index is 430. The summed E-state index contributed by atoms with van der Waals surface area (Å²) < 4.78 is 14.3. The SMILES string of the molecule is CCNC(Cc1c(Br)c(C)nn1CC)CC1OCCO1. The van der Waals surface area contributed by atoms with Crippen molar-refractivity contribution < 1.29 is 9.47 Å². The number of halogens is 1. The Balaban J connectivity index is 2.06. The van der Waals surface area contributed by atoms with E-state index in [1.807, 2.05) is 6.92 Å². The van der Waals surface area contributed by atoms with Crippen molar-refractivity contribution >= 4 is 15.9 Å². The van der Waals surface area contributed by atoms with E-state index in [1.165, 1.54) is 5.69 Å². The highest BCUT2D eigenvalue weighted by Gasteiger charge is 2.23. The third-order valence-corrected chi connectivity index (χ3v) is 4.58. The Morgan fingerprint density at radius 3 is 2.70 bits per heavy atom. The van der Waals surface area contributed by atoms with Crippen molar-refractivity contribution in [2.45, 2.75) is 52.5 Å². The molecule has 0 aliphatic carbocycles. The maximum absolute atomic E-state index is 5.56. The molecule has 1 aromatic heterocycles. The molecule has 1 aliphatic heterocycles. The van der Waals surface area contributed by atoms with Crippen molar-refractivity contribution in [1.82, 2.24) is 15.1 Å². The van der Waals surface area contributed by atoms with Crippen molar-refractivity contribution in [3.63, 3.8) is 0 Å². The number of aromatic nitrogens is 2. The summed E-state index contributed by atoms with van der Waals surface area (Å²) in [6.07, 6.45) is 1.72. The van der Waals surface area contributed by atoms with Gasteiger partial charge in [-0.3, -0.25) is 4.68 Å². The van der Waals surface area contributed by atoms with E-state index in [9.17, 15) is 0 Å². The van der Waals surface area contributed by atoms with E-state index in [0.717, 1.165) is 36.1 Å². The number of nitrogens with one attached hydrogen (secondary N) is 1. The maximum Gasteiger partial charge on any atom is 0.159 e. The van der Waals surface area contributed by atoms with Crippen molar-refractivity contribution in [1.29, 1.82) is 0 Å². The van der Waals surface area contributed by atoms with Gasteiger partial charge in [-0.25, -0.2) is 0 Å². The van der Waals surface area contributed by atoms with Crippen molar-refractivity contribution in [3.8, 4) is 0 Å². The molecule has 1 fully saturated rings. The van der Waals surface area contributed by atoms with Gasteiger partial charge in [0.15, 0.2) is 6.29 Å². The summed E-state index contributed by atoms with van der Waals surface area (Å²) in [6, 6.07) is 0.334. The molecule has 1 saturated heterocycles. The van der Waals surface area contributed by atoms with Gasteiger partial charge in [0.25, 0.3) is 0 Å². The number of ether oxygens (including phenoxy) is 2. The number of hydrogen-bond acceptors (Lipinski definition) is 4. The molecule has 0 amide bonds. The van der Waals surface area contributed by atoms with Crippen LogP contribution in [0.2, 0.25) is 0 Å². The van der Waals surface area contributed by atoms with Gasteiger partial charge in [0.05, 0.1) is 29.1 Å². The topological polar surface area (TPSA) is 48.3 Å². The molecule has 1 aromatic rings. The lowest BCUT2D eigenvalue weighted by Crippen LogP contribution is -2.35. The van der Waals surface area contributed by atoms with Gasteiger partial charge in [0, 0.05) is 25.4 Å². The lowest BCUT2D eigenvalue weighted by Gasteiger charge is -2.21. The summed E-state index contributed by atoms with van der Waals surface area (Å²) in [7, 11) is 0. The van der Waals surface area contributed by atoms with E-state index in [1.54, 1.807) is 0 Å². The molecule has 6 heteroatoms. The second-order valence-electron chi connectivity index (χ2n) is 5.03. The van der Waals surface area contributed by atoms with E-state index >= 15 is 0 Å². The third kappa shape index (κ3) is 3.81. The smallest absolute Gasteiger partial charge is 0.159 e. The molecule has 1 N–H and O–H groups in total. The normalized spacial score (nSPS) is 17.8. The molecule has 20 heavy (non-hydrogen) atoms. The van der Waals surface area contributed by atoms with Gasteiger partial charge >= 0.3 is 0 Å². The molecule has 0 radical (unpaired) electrons. The molecule has 1 unspecified atom stereocenters. The monoisotopic (exact) mass is 345 g/mol. The second kappa shape index (κ2) is 7.54. The zero-order valence-corrected chi connectivity index (χ0v) is 14.1. The fourth-order valence-corrected chi connectivity index (χ4v) is 3.05. The molecular weight excluding hydrogens is 322 g/mol. The van der Waals surface area contributed by atoms with Crippen molar-refractivity contribution in [2.24, 2.45) is 0 Å². The standard InChI is InChI=1S/C14H24BrN3O2/c1-4-16-11(9-13-19-6-7-20-13)8-12-14(15)10(3)17-18(12)5-2/h11,13,16H,4-9H2,1-3H3. The van der Waals surface area contributed by atoms with Crippen LogP contribution in [0.4, 0.5) is 0 Å². The largest absolute Gasteiger partial charge is 0.350 e. The molecule has 0 spiro atoms. The van der Waals surface area contributed by atoms with Crippen molar-refractivity contribution in [2.75, 3.05) is 19.8 Å². The van der Waals surface area contributed by atoms with Crippen LogP contribution in [0.25, 0.3) is 0 Å². The van der Waals surface area contributed by atoms with E-state index in [2.05, 4.69) is 44.9 Å². The number of hydrogen-bond donors (Lipinski definition) is 1. The minimum Gasteiger partial charge on any atom is -0.350 e. The highest BCUT2D eigenvalue weighted by Crippen LogP contribution is 2.24. The van der Waals surface area contributed by atoms with Crippen LogP contribution >= 0.6 is 15.9 Å². The minimum absolute atomic E-state index is 0.0723. The van der Waals surface area contributed by atoms with Gasteiger partial charge < -0.3 is 14.8 Å². The molecular formula is C14H24BrN3O2. The fraction of sp³-hybridized carbons (Fsp3) is 0.786. The quantitative estimate of drug-likeness (QED) is 0.823. The lowest BCUT2D eigenvalue weighted by atomic mass is 10.1. The molecule has 5 nitrogen and oxygen atoms in total. The number of aryl methyl sites for hydroxylation is 2. The number of rotatable bonds is 7. The van der Waals surface area contributed by atoms with Gasteiger partial charge in [-0.15, -0.1) is 0 Å². The van der Waals surface area contributed by atoms with Gasteiger partial charge in [-0.1, -0.05) is 6.92 Å². The Labute approximate surface area is 129 Å². The highest BCUT2D eigenvalue weighted by molar-refractivity contribution is 9.10. The Morgan fingerprint density at radius 1 is 1.40 bits per heavy atom. The van der Waals surface area contributed by atoms with Crippen LogP contribution in [0.3, 0.4) is 0 Å². The summed E-state index contributed by atoms with van der Waals surface area (Å²) in [6.45, 7) is 9.52. The summed E-state index contributed by atoms with van der Waals surface area (Å²) in [5.41, 5.74) is 2.29. The molecule has 1 atom stereocenters. The summed E-state index contributed by atoms with van der Waals surface area (Å²) >= 11 is 3.66. The number of nitrogens with zero attached hydrogens (tertiary/aromatic N) is 2. The molecule has 2 heterocycles. The number of likely N-dealkylation sites (N-methyl/N-ethyl adjacent to an activating group) is 1. The van der Waals surface area contributed by atoms with Gasteiger partial charge in [-0.2, -0.15) is 5.10 Å². The molecule has 2 rings (SSSR count). The predicted molar refractivity (Wildman–Crippen MR) is 81.8 cm³/mol. The molecule has 0 aromatic carbocycles. The van der Waals surface area contributed by atoms with Crippen LogP contribution in [0.1, 0.15) is 31.7 Å². The highest BCUT2D eigenvalue weighted by atomic mass is 79.9. The fourth-order valence-electron chi connectivity index (χ4n) is 2.60. The third-order valence-electron chi connectivity index (χ3n) is 3.55. The zero-order chi connectivity index (χ0) is 14.5. The first-order valence-electron chi connectivity index (χ1n) is 7.34. The molecule has 0 bridgehead atoms. The van der Waals surface area contributed by atoms with E-state index in [-0.39, 0.29) is 6.29 Å². The average molecular weight is 346 g/mol. The van der Waals surface area contributed by atoms with E-state index in [0.29, 0.717) is 19.3 Å². The summed E-state index contributed by atoms with van der Waals surface area (Å²) in [5, 5.41) is 8.08. The first-order valence-corrected chi connectivity index (χ1v) is 8.13. The van der Waals surface area contributed by atoms with Crippen LogP contribution in [0.15, 0.2) is 4.47 Å². The minimum atomic E-state index is -0.0723. The Kier molecular flexibility index (Phi) is 6.01. The van der Waals surface area contributed by atoms with Crippen LogP contribution in [-0.2, 0) is 22.4 Å². The van der Waals surface area contributed by atoms with Crippen LogP contribution in [0, 0.1) is 6.92 Å².